The van der Waals surface area contributed by atoms with E-state index in [9.17, 15) is 4.79 Å². The summed E-state index contributed by atoms with van der Waals surface area (Å²) in [5.41, 5.74) is 9.32. The molecule has 0 radical (unpaired) electrons. The summed E-state index contributed by atoms with van der Waals surface area (Å²) >= 11 is 0. The van der Waals surface area contributed by atoms with Gasteiger partial charge in [-0.3, -0.25) is 9.80 Å². The van der Waals surface area contributed by atoms with Gasteiger partial charge in [0.25, 0.3) is 0 Å². The molecule has 1 aliphatic rings. The molecule has 0 aliphatic carbocycles. The number of fused-ring (bicyclic) bond motifs is 1. The Balaban J connectivity index is 1.61. The summed E-state index contributed by atoms with van der Waals surface area (Å²) in [6, 6.07) is 19.3. The highest BCUT2D eigenvalue weighted by atomic mass is 16.5. The Bertz CT molecular complexity index is 1220. The topological polar surface area (TPSA) is 89.0 Å². The Morgan fingerprint density at radius 3 is 2.61 bits per heavy atom. The first-order chi connectivity index (χ1) is 15.2. The minimum absolute atomic E-state index is 0.451. The fraction of sp³-hybridized carbons (Fsp3) is 0.174. The third kappa shape index (κ3) is 3.74. The van der Waals surface area contributed by atoms with E-state index >= 15 is 0 Å². The Morgan fingerprint density at radius 2 is 1.84 bits per heavy atom. The monoisotopic (exact) mass is 414 g/mol. The number of benzene rings is 2. The summed E-state index contributed by atoms with van der Waals surface area (Å²) in [6.45, 7) is 2.88. The van der Waals surface area contributed by atoms with Gasteiger partial charge in [-0.1, -0.05) is 30.3 Å². The summed E-state index contributed by atoms with van der Waals surface area (Å²) in [5.74, 6) is 0.322. The van der Waals surface area contributed by atoms with Crippen molar-refractivity contribution in [3.8, 4) is 11.1 Å². The Morgan fingerprint density at radius 1 is 1.03 bits per heavy atom. The number of hydrogen-bond acceptors (Lipinski definition) is 6. The van der Waals surface area contributed by atoms with Crippen LogP contribution in [0.5, 0.6) is 0 Å². The normalized spacial score (nSPS) is 14.6. The van der Waals surface area contributed by atoms with E-state index in [1.165, 1.54) is 0 Å². The molecule has 8 heteroatoms. The molecule has 0 atom stereocenters. The minimum atomic E-state index is -0.463. The van der Waals surface area contributed by atoms with Gasteiger partial charge >= 0.3 is 0 Å². The number of ether oxygens (including phenoxy) is 1. The van der Waals surface area contributed by atoms with Gasteiger partial charge in [-0.25, -0.2) is 14.5 Å². The Labute approximate surface area is 179 Å². The van der Waals surface area contributed by atoms with E-state index in [-0.39, 0.29) is 0 Å². The molecule has 31 heavy (non-hydrogen) atoms. The molecule has 0 saturated carbocycles. The molecule has 156 valence electrons. The van der Waals surface area contributed by atoms with Gasteiger partial charge in [0, 0.05) is 36.5 Å². The van der Waals surface area contributed by atoms with Crippen molar-refractivity contribution in [3.05, 3.63) is 78.6 Å². The molecule has 1 aliphatic heterocycles. The predicted octanol–water partition coefficient (Wildman–Crippen LogP) is 2.88. The highest BCUT2D eigenvalue weighted by Crippen LogP contribution is 2.30. The van der Waals surface area contributed by atoms with Crippen molar-refractivity contribution in [1.29, 1.82) is 0 Å². The van der Waals surface area contributed by atoms with Crippen LogP contribution in [0.3, 0.4) is 0 Å². The second-order valence-electron chi connectivity index (χ2n) is 7.27. The molecule has 2 aromatic carbocycles. The zero-order valence-electron chi connectivity index (χ0n) is 16.9. The van der Waals surface area contributed by atoms with Crippen LogP contribution >= 0.6 is 0 Å². The lowest BCUT2D eigenvalue weighted by Crippen LogP contribution is -2.47. The summed E-state index contributed by atoms with van der Waals surface area (Å²) < 4.78 is 7.28. The second-order valence-corrected chi connectivity index (χ2v) is 7.27. The van der Waals surface area contributed by atoms with Crippen LogP contribution in [-0.4, -0.2) is 51.8 Å². The Kier molecular flexibility index (Phi) is 5.07. The third-order valence-electron chi connectivity index (χ3n) is 5.30. The average molecular weight is 414 g/mol. The lowest BCUT2D eigenvalue weighted by Gasteiger charge is -2.38. The molecule has 2 N–H and O–H groups in total. The largest absolute Gasteiger partial charge is 0.379 e. The van der Waals surface area contributed by atoms with E-state index in [1.54, 1.807) is 22.8 Å². The van der Waals surface area contributed by atoms with Gasteiger partial charge in [0.05, 0.1) is 25.1 Å². The Hall–Kier alpha value is -3.75. The molecule has 1 fully saturated rings. The van der Waals surface area contributed by atoms with Crippen molar-refractivity contribution in [1.82, 2.24) is 19.6 Å². The fourth-order valence-electron chi connectivity index (χ4n) is 3.78. The van der Waals surface area contributed by atoms with E-state index < -0.39 is 5.91 Å². The lowest BCUT2D eigenvalue weighted by molar-refractivity contribution is 0.0375. The summed E-state index contributed by atoms with van der Waals surface area (Å²) in [4.78, 5) is 16.6. The molecule has 3 heterocycles. The molecule has 0 unspecified atom stereocenters. The summed E-state index contributed by atoms with van der Waals surface area (Å²) in [5, 5.41) is 8.80. The van der Waals surface area contributed by atoms with Crippen molar-refractivity contribution in [2.75, 3.05) is 31.3 Å². The smallest absolute Gasteiger partial charge is 0.248 e. The van der Waals surface area contributed by atoms with Gasteiger partial charge in [-0.2, -0.15) is 5.10 Å². The van der Waals surface area contributed by atoms with E-state index in [0.717, 1.165) is 35.7 Å². The number of primary amides is 1. The van der Waals surface area contributed by atoms with Gasteiger partial charge < -0.3 is 10.5 Å². The number of amides is 1. The van der Waals surface area contributed by atoms with Crippen molar-refractivity contribution in [2.24, 2.45) is 5.73 Å². The molecule has 1 amide bonds. The number of aromatic nitrogens is 3. The molecular weight excluding hydrogens is 392 g/mol. The number of para-hydroxylation sites is 1. The van der Waals surface area contributed by atoms with Crippen LogP contribution in [0, 0.1) is 0 Å². The van der Waals surface area contributed by atoms with Crippen LogP contribution in [0.4, 0.5) is 11.5 Å². The maximum Gasteiger partial charge on any atom is 0.248 e. The first kappa shape index (κ1) is 19.2. The van der Waals surface area contributed by atoms with E-state index in [2.05, 4.69) is 27.2 Å². The van der Waals surface area contributed by atoms with Gasteiger partial charge in [-0.15, -0.1) is 0 Å². The van der Waals surface area contributed by atoms with Crippen molar-refractivity contribution >= 4 is 23.1 Å². The molecule has 2 aromatic heterocycles. The van der Waals surface area contributed by atoms with Crippen LogP contribution in [0.2, 0.25) is 0 Å². The SMILES string of the molecule is NC(=O)c1cccc(-c2cnn3ccc(N(c4ccccc4)N4CCOCC4)nc23)c1. The molecular formula is C23H22N6O2. The van der Waals surface area contributed by atoms with Crippen LogP contribution in [0.1, 0.15) is 10.4 Å². The van der Waals surface area contributed by atoms with Crippen LogP contribution in [-0.2, 0) is 4.74 Å². The standard InChI is InChI=1S/C23H22N6O2/c24-22(30)18-6-4-5-17(15-18)20-16-25-28-10-9-21(26-23(20)28)29(19-7-2-1-3-8-19)27-11-13-31-14-12-27/h1-10,15-16H,11-14H2,(H2,24,30). The number of carbonyl (C=O) groups is 1. The zero-order valence-corrected chi connectivity index (χ0v) is 16.9. The number of morpholine rings is 1. The predicted molar refractivity (Wildman–Crippen MR) is 118 cm³/mol. The number of hydrazine groups is 1. The van der Waals surface area contributed by atoms with Crippen molar-refractivity contribution < 1.29 is 9.53 Å². The molecule has 0 bridgehead atoms. The van der Waals surface area contributed by atoms with Crippen LogP contribution in [0.15, 0.2) is 73.1 Å². The maximum absolute atomic E-state index is 11.6. The molecule has 0 spiro atoms. The van der Waals surface area contributed by atoms with E-state index in [4.69, 9.17) is 15.5 Å². The van der Waals surface area contributed by atoms with Gasteiger partial charge in [0.2, 0.25) is 5.91 Å². The highest BCUT2D eigenvalue weighted by Gasteiger charge is 2.23. The summed E-state index contributed by atoms with van der Waals surface area (Å²) in [7, 11) is 0. The number of nitrogens with two attached hydrogens (primary N) is 1. The van der Waals surface area contributed by atoms with Gasteiger partial charge in [0.15, 0.2) is 11.5 Å². The molecule has 4 aromatic rings. The number of nitrogens with zero attached hydrogens (tertiary/aromatic N) is 5. The molecule has 8 nitrogen and oxygen atoms in total. The second kappa shape index (κ2) is 8.17. The minimum Gasteiger partial charge on any atom is -0.379 e. The summed E-state index contributed by atoms with van der Waals surface area (Å²) in [6.07, 6.45) is 3.66. The van der Waals surface area contributed by atoms with E-state index in [0.29, 0.717) is 24.4 Å². The number of anilines is 2. The number of rotatable bonds is 5. The fourth-order valence-corrected chi connectivity index (χ4v) is 3.78. The van der Waals surface area contributed by atoms with E-state index in [1.807, 2.05) is 42.6 Å². The first-order valence-corrected chi connectivity index (χ1v) is 10.1. The van der Waals surface area contributed by atoms with Gasteiger partial charge in [0.1, 0.15) is 0 Å². The number of hydrogen-bond donors (Lipinski definition) is 1. The molecule has 5 rings (SSSR count). The van der Waals surface area contributed by atoms with Crippen molar-refractivity contribution in [2.45, 2.75) is 0 Å². The van der Waals surface area contributed by atoms with Crippen molar-refractivity contribution in [3.63, 3.8) is 0 Å². The quantitative estimate of drug-likeness (QED) is 0.540. The van der Waals surface area contributed by atoms with Crippen LogP contribution in [0.25, 0.3) is 16.8 Å². The third-order valence-corrected chi connectivity index (χ3v) is 5.30. The van der Waals surface area contributed by atoms with Crippen LogP contribution < -0.4 is 10.7 Å². The first-order valence-electron chi connectivity index (χ1n) is 10.1. The maximum atomic E-state index is 11.6. The zero-order chi connectivity index (χ0) is 21.2. The van der Waals surface area contributed by atoms with Gasteiger partial charge in [-0.05, 0) is 29.8 Å². The molecule has 1 saturated heterocycles. The average Bonchev–Trinajstić information content (AvgIpc) is 3.24. The highest BCUT2D eigenvalue weighted by molar-refractivity contribution is 5.94. The number of carbonyl (C=O) groups excluding carboxylic acids is 1. The lowest BCUT2D eigenvalue weighted by atomic mass is 10.1.